The zero-order valence-electron chi connectivity index (χ0n) is 18.2. The van der Waals surface area contributed by atoms with Gasteiger partial charge < -0.3 is 4.74 Å². The van der Waals surface area contributed by atoms with Gasteiger partial charge >= 0.3 is 0 Å². The number of benzene rings is 1. The number of unbranched alkanes of at least 4 members (excludes halogenated alkanes) is 3. The minimum atomic E-state index is 0.554. The first-order valence-electron chi connectivity index (χ1n) is 12.1. The average molecular weight is 383 g/mol. The fourth-order valence-corrected chi connectivity index (χ4v) is 5.08. The van der Waals surface area contributed by atoms with Gasteiger partial charge in [0, 0.05) is 6.61 Å². The van der Waals surface area contributed by atoms with E-state index in [9.17, 15) is 0 Å². The maximum Gasteiger partial charge on any atom is 0.0575 e. The smallest absolute Gasteiger partial charge is 0.0575 e. The lowest BCUT2D eigenvalue weighted by atomic mass is 9.79. The molecular weight excluding hydrogens is 340 g/mol. The van der Waals surface area contributed by atoms with Crippen molar-refractivity contribution in [1.29, 1.82) is 0 Å². The molecule has 3 rings (SSSR count). The van der Waals surface area contributed by atoms with Crippen molar-refractivity contribution < 1.29 is 4.74 Å². The van der Waals surface area contributed by atoms with E-state index in [1.165, 1.54) is 82.6 Å². The molecule has 0 bridgehead atoms. The SMILES string of the molecule is C=CCCCCCc1ccc(C2CCC(COC3CCC(C)CC3)CC2)cc1. The van der Waals surface area contributed by atoms with E-state index < -0.39 is 0 Å². The Morgan fingerprint density at radius 2 is 1.61 bits per heavy atom. The molecule has 0 unspecified atom stereocenters. The van der Waals surface area contributed by atoms with Crippen molar-refractivity contribution in [2.24, 2.45) is 11.8 Å². The molecule has 1 nitrogen and oxygen atoms in total. The topological polar surface area (TPSA) is 9.23 Å². The van der Waals surface area contributed by atoms with E-state index in [0.29, 0.717) is 6.10 Å². The van der Waals surface area contributed by atoms with E-state index >= 15 is 0 Å². The van der Waals surface area contributed by atoms with E-state index in [0.717, 1.165) is 30.8 Å². The second-order valence-corrected chi connectivity index (χ2v) is 9.56. The van der Waals surface area contributed by atoms with E-state index in [1.807, 2.05) is 6.08 Å². The minimum absolute atomic E-state index is 0.554. The maximum absolute atomic E-state index is 6.28. The highest BCUT2D eigenvalue weighted by atomic mass is 16.5. The third kappa shape index (κ3) is 7.07. The van der Waals surface area contributed by atoms with Crippen LogP contribution >= 0.6 is 0 Å². The molecular formula is C27H42O. The number of hydrogen-bond acceptors (Lipinski definition) is 1. The summed E-state index contributed by atoms with van der Waals surface area (Å²) in [5.41, 5.74) is 3.07. The lowest BCUT2D eigenvalue weighted by Crippen LogP contribution is -2.25. The lowest BCUT2D eigenvalue weighted by Gasteiger charge is -2.31. The van der Waals surface area contributed by atoms with Crippen LogP contribution in [0.5, 0.6) is 0 Å². The van der Waals surface area contributed by atoms with Crippen LogP contribution in [0.3, 0.4) is 0 Å². The Bertz CT molecular complexity index is 544. The van der Waals surface area contributed by atoms with E-state index in [1.54, 1.807) is 5.56 Å². The third-order valence-corrected chi connectivity index (χ3v) is 7.20. The second-order valence-electron chi connectivity index (χ2n) is 9.56. The van der Waals surface area contributed by atoms with Gasteiger partial charge in [-0.3, -0.25) is 0 Å². The van der Waals surface area contributed by atoms with Crippen LogP contribution in [0, 0.1) is 11.8 Å². The van der Waals surface area contributed by atoms with E-state index in [-0.39, 0.29) is 0 Å². The van der Waals surface area contributed by atoms with Gasteiger partial charge in [0.2, 0.25) is 0 Å². The van der Waals surface area contributed by atoms with Crippen molar-refractivity contribution in [2.75, 3.05) is 6.61 Å². The van der Waals surface area contributed by atoms with Crippen molar-refractivity contribution in [1.82, 2.24) is 0 Å². The molecule has 2 aliphatic rings. The molecule has 1 aromatic carbocycles. The highest BCUT2D eigenvalue weighted by Crippen LogP contribution is 2.36. The maximum atomic E-state index is 6.28. The molecule has 28 heavy (non-hydrogen) atoms. The van der Waals surface area contributed by atoms with Crippen molar-refractivity contribution in [3.63, 3.8) is 0 Å². The molecule has 156 valence electrons. The molecule has 2 fully saturated rings. The second kappa shape index (κ2) is 11.8. The molecule has 0 amide bonds. The molecule has 0 spiro atoms. The summed E-state index contributed by atoms with van der Waals surface area (Å²) in [6.07, 6.45) is 19.6. The molecule has 2 saturated carbocycles. The van der Waals surface area contributed by atoms with Crippen LogP contribution in [-0.2, 0) is 11.2 Å². The van der Waals surface area contributed by atoms with Crippen LogP contribution in [0.2, 0.25) is 0 Å². The van der Waals surface area contributed by atoms with Crippen LogP contribution in [-0.4, -0.2) is 12.7 Å². The number of rotatable bonds is 10. The van der Waals surface area contributed by atoms with Gasteiger partial charge in [-0.25, -0.2) is 0 Å². The first-order chi connectivity index (χ1) is 13.7. The van der Waals surface area contributed by atoms with Crippen LogP contribution in [0.4, 0.5) is 0 Å². The number of allylic oxidation sites excluding steroid dienone is 1. The summed E-state index contributed by atoms with van der Waals surface area (Å²) in [5.74, 6) is 2.48. The zero-order valence-corrected chi connectivity index (χ0v) is 18.2. The summed E-state index contributed by atoms with van der Waals surface area (Å²) in [6.45, 7) is 7.20. The molecule has 0 N–H and O–H groups in total. The highest BCUT2D eigenvalue weighted by Gasteiger charge is 2.24. The normalized spacial score (nSPS) is 28.2. The van der Waals surface area contributed by atoms with Crippen LogP contribution in [0.25, 0.3) is 0 Å². The van der Waals surface area contributed by atoms with Gasteiger partial charge in [-0.1, -0.05) is 43.7 Å². The summed E-state index contributed by atoms with van der Waals surface area (Å²) >= 11 is 0. The molecule has 1 heteroatoms. The quantitative estimate of drug-likeness (QED) is 0.296. The summed E-state index contributed by atoms with van der Waals surface area (Å²) in [7, 11) is 0. The lowest BCUT2D eigenvalue weighted by molar-refractivity contribution is -0.00640. The summed E-state index contributed by atoms with van der Waals surface area (Å²) in [6, 6.07) is 9.57. The van der Waals surface area contributed by atoms with Crippen LogP contribution in [0.15, 0.2) is 36.9 Å². The Morgan fingerprint density at radius 3 is 2.29 bits per heavy atom. The molecule has 1 aromatic rings. The molecule has 0 saturated heterocycles. The van der Waals surface area contributed by atoms with Gasteiger partial charge in [0.15, 0.2) is 0 Å². The van der Waals surface area contributed by atoms with Gasteiger partial charge in [-0.15, -0.1) is 6.58 Å². The molecule has 2 aliphatic carbocycles. The van der Waals surface area contributed by atoms with E-state index in [4.69, 9.17) is 4.74 Å². The van der Waals surface area contributed by atoms with Gasteiger partial charge in [0.05, 0.1) is 6.10 Å². The Morgan fingerprint density at radius 1 is 0.893 bits per heavy atom. The number of aryl methyl sites for hydroxylation is 1. The molecule has 0 radical (unpaired) electrons. The fraction of sp³-hybridized carbons (Fsp3) is 0.704. The zero-order chi connectivity index (χ0) is 19.6. The molecule has 0 atom stereocenters. The summed E-state index contributed by atoms with van der Waals surface area (Å²) < 4.78 is 6.28. The Hall–Kier alpha value is -1.08. The van der Waals surface area contributed by atoms with Crippen LogP contribution in [0.1, 0.15) is 101 Å². The predicted octanol–water partition coefficient (Wildman–Crippen LogP) is 7.84. The van der Waals surface area contributed by atoms with Gasteiger partial charge in [-0.05, 0) is 106 Å². The van der Waals surface area contributed by atoms with Crippen molar-refractivity contribution in [3.05, 3.63) is 48.0 Å². The minimum Gasteiger partial charge on any atom is -0.378 e. The van der Waals surface area contributed by atoms with Crippen molar-refractivity contribution in [3.8, 4) is 0 Å². The molecule has 0 heterocycles. The third-order valence-electron chi connectivity index (χ3n) is 7.20. The van der Waals surface area contributed by atoms with Gasteiger partial charge in [0.25, 0.3) is 0 Å². The van der Waals surface area contributed by atoms with Crippen molar-refractivity contribution >= 4 is 0 Å². The summed E-state index contributed by atoms with van der Waals surface area (Å²) in [4.78, 5) is 0. The monoisotopic (exact) mass is 382 g/mol. The number of hydrogen-bond donors (Lipinski definition) is 0. The average Bonchev–Trinajstić information content (AvgIpc) is 2.74. The standard InChI is InChI=1S/C27H42O/c1-3-4-5-6-7-8-23-11-15-25(16-12-23)26-17-13-24(14-18-26)21-28-27-19-9-22(2)10-20-27/h3,11-12,15-16,22,24,26-27H,1,4-10,13-14,17-21H2,2H3. The van der Waals surface area contributed by atoms with Gasteiger partial charge in [-0.2, -0.15) is 0 Å². The van der Waals surface area contributed by atoms with Crippen LogP contribution < -0.4 is 0 Å². The number of ether oxygens (including phenoxy) is 1. The van der Waals surface area contributed by atoms with E-state index in [2.05, 4.69) is 37.8 Å². The Balaban J connectivity index is 1.33. The first-order valence-corrected chi connectivity index (χ1v) is 12.1. The van der Waals surface area contributed by atoms with Gasteiger partial charge in [0.1, 0.15) is 0 Å². The van der Waals surface area contributed by atoms with Crippen molar-refractivity contribution in [2.45, 2.75) is 102 Å². The molecule has 0 aromatic heterocycles. The molecule has 0 aliphatic heterocycles. The Kier molecular flexibility index (Phi) is 9.12. The summed E-state index contributed by atoms with van der Waals surface area (Å²) in [5, 5.41) is 0. The predicted molar refractivity (Wildman–Crippen MR) is 121 cm³/mol. The first kappa shape index (κ1) is 21.6. The highest BCUT2D eigenvalue weighted by molar-refractivity contribution is 5.26. The largest absolute Gasteiger partial charge is 0.378 e. The Labute approximate surface area is 174 Å². The fourth-order valence-electron chi connectivity index (χ4n) is 5.08.